The van der Waals surface area contributed by atoms with Crippen molar-refractivity contribution in [1.82, 2.24) is 0 Å². The third kappa shape index (κ3) is 4.41. The van der Waals surface area contributed by atoms with E-state index in [2.05, 4.69) is 6.92 Å². The maximum atomic E-state index is 12.5. The summed E-state index contributed by atoms with van der Waals surface area (Å²) >= 11 is 17.6. The van der Waals surface area contributed by atoms with E-state index in [0.717, 1.165) is 31.2 Å². The highest BCUT2D eigenvalue weighted by molar-refractivity contribution is 6.69. The number of ether oxygens (including phenoxy) is 1. The summed E-state index contributed by atoms with van der Waals surface area (Å²) in [6.07, 6.45) is 5.94. The predicted molar refractivity (Wildman–Crippen MR) is 91.3 cm³/mol. The first-order valence-electron chi connectivity index (χ1n) is 7.49. The molecule has 1 heterocycles. The van der Waals surface area contributed by atoms with Crippen LogP contribution in [0.2, 0.25) is 0 Å². The Hall–Kier alpha value is -0.700. The van der Waals surface area contributed by atoms with Crippen LogP contribution in [0.25, 0.3) is 0 Å². The molecule has 0 spiro atoms. The van der Waals surface area contributed by atoms with Crippen LogP contribution >= 0.6 is 34.8 Å². The van der Waals surface area contributed by atoms with E-state index in [0.29, 0.717) is 0 Å². The second-order valence-electron chi connectivity index (χ2n) is 5.50. The van der Waals surface area contributed by atoms with Gasteiger partial charge in [-0.3, -0.25) is 4.79 Å². The SMILES string of the molecule is CCCCC[C@@H]1C=C(C(Cl)(Cl)Cl)OC(=O)[C@H]1c1ccccc1. The average Bonchev–Trinajstić information content (AvgIpc) is 2.47. The van der Waals surface area contributed by atoms with Gasteiger partial charge in [-0.2, -0.15) is 0 Å². The van der Waals surface area contributed by atoms with Gasteiger partial charge in [0.05, 0.1) is 5.92 Å². The molecule has 120 valence electrons. The Morgan fingerprint density at radius 2 is 1.82 bits per heavy atom. The van der Waals surface area contributed by atoms with Crippen molar-refractivity contribution < 1.29 is 9.53 Å². The second-order valence-corrected chi connectivity index (χ2v) is 7.78. The number of rotatable bonds is 5. The van der Waals surface area contributed by atoms with Crippen LogP contribution in [0, 0.1) is 5.92 Å². The molecule has 0 aliphatic carbocycles. The third-order valence-electron chi connectivity index (χ3n) is 3.84. The lowest BCUT2D eigenvalue weighted by molar-refractivity contribution is -0.144. The molecule has 1 aromatic rings. The Kier molecular flexibility index (Phi) is 6.19. The lowest BCUT2D eigenvalue weighted by atomic mass is 9.81. The Morgan fingerprint density at radius 1 is 1.14 bits per heavy atom. The lowest BCUT2D eigenvalue weighted by Gasteiger charge is -2.31. The van der Waals surface area contributed by atoms with Gasteiger partial charge in [-0.15, -0.1) is 0 Å². The number of halogens is 3. The number of alkyl halides is 3. The summed E-state index contributed by atoms with van der Waals surface area (Å²) < 4.78 is 3.57. The first-order valence-corrected chi connectivity index (χ1v) is 8.62. The quantitative estimate of drug-likeness (QED) is 0.377. The molecule has 0 bridgehead atoms. The van der Waals surface area contributed by atoms with E-state index in [9.17, 15) is 4.79 Å². The molecule has 0 fully saturated rings. The molecule has 1 aliphatic heterocycles. The van der Waals surface area contributed by atoms with Gasteiger partial charge in [0.2, 0.25) is 3.79 Å². The van der Waals surface area contributed by atoms with Crippen LogP contribution in [-0.2, 0) is 9.53 Å². The minimum atomic E-state index is -1.71. The zero-order valence-electron chi connectivity index (χ0n) is 12.4. The van der Waals surface area contributed by atoms with Gasteiger partial charge in [0.1, 0.15) is 0 Å². The zero-order valence-corrected chi connectivity index (χ0v) is 14.7. The summed E-state index contributed by atoms with van der Waals surface area (Å²) in [7, 11) is 0. The summed E-state index contributed by atoms with van der Waals surface area (Å²) in [5, 5.41) is 0. The summed E-state index contributed by atoms with van der Waals surface area (Å²) in [6.45, 7) is 2.15. The highest BCUT2D eigenvalue weighted by Crippen LogP contribution is 2.43. The van der Waals surface area contributed by atoms with Gasteiger partial charge in [-0.25, -0.2) is 0 Å². The number of hydrogen-bond acceptors (Lipinski definition) is 2. The molecule has 5 heteroatoms. The van der Waals surface area contributed by atoms with Crippen LogP contribution in [0.5, 0.6) is 0 Å². The standard InChI is InChI=1S/C17H19Cl3O2/c1-2-3-5-10-13-11-14(17(18,19)20)22-16(21)15(13)12-8-6-4-7-9-12/h4,6-9,11,13,15H,2-3,5,10H2,1H3/t13-,15+/m1/s1. The van der Waals surface area contributed by atoms with Crippen LogP contribution in [-0.4, -0.2) is 9.76 Å². The summed E-state index contributed by atoms with van der Waals surface area (Å²) in [6, 6.07) is 9.63. The molecule has 2 rings (SSSR count). The minimum Gasteiger partial charge on any atom is -0.426 e. The first-order chi connectivity index (χ1) is 10.4. The van der Waals surface area contributed by atoms with E-state index in [1.165, 1.54) is 0 Å². The Bertz CT molecular complexity index is 535. The van der Waals surface area contributed by atoms with Crippen molar-refractivity contribution >= 4 is 40.8 Å². The van der Waals surface area contributed by atoms with Crippen LogP contribution in [0.1, 0.15) is 44.1 Å². The predicted octanol–water partition coefficient (Wildman–Crippen LogP) is 5.78. The molecule has 0 saturated heterocycles. The highest BCUT2D eigenvalue weighted by Gasteiger charge is 2.40. The van der Waals surface area contributed by atoms with Crippen molar-refractivity contribution in [1.29, 1.82) is 0 Å². The largest absolute Gasteiger partial charge is 0.426 e. The Labute approximate surface area is 146 Å². The van der Waals surface area contributed by atoms with E-state index < -0.39 is 3.79 Å². The lowest BCUT2D eigenvalue weighted by Crippen LogP contribution is -2.31. The molecule has 0 radical (unpaired) electrons. The van der Waals surface area contributed by atoms with Crippen molar-refractivity contribution in [3.63, 3.8) is 0 Å². The Morgan fingerprint density at radius 3 is 2.41 bits per heavy atom. The minimum absolute atomic E-state index is 0.0131. The maximum absolute atomic E-state index is 12.5. The topological polar surface area (TPSA) is 26.3 Å². The summed E-state index contributed by atoms with van der Waals surface area (Å²) in [4.78, 5) is 12.5. The van der Waals surface area contributed by atoms with Gasteiger partial charge in [0, 0.05) is 0 Å². The number of benzene rings is 1. The average molecular weight is 362 g/mol. The highest BCUT2D eigenvalue weighted by atomic mass is 35.6. The molecule has 0 saturated carbocycles. The van der Waals surface area contributed by atoms with Crippen LogP contribution in [0.4, 0.5) is 0 Å². The number of carbonyl (C=O) groups excluding carboxylic acids is 1. The van der Waals surface area contributed by atoms with Gasteiger partial charge >= 0.3 is 5.97 Å². The van der Waals surface area contributed by atoms with Crippen LogP contribution in [0.15, 0.2) is 42.2 Å². The zero-order chi connectivity index (χ0) is 16.2. The normalized spacial score (nSPS) is 22.2. The number of esters is 1. The van der Waals surface area contributed by atoms with Gasteiger partial charge in [0.25, 0.3) is 0 Å². The smallest absolute Gasteiger partial charge is 0.319 e. The van der Waals surface area contributed by atoms with Crippen molar-refractivity contribution in [3.8, 4) is 0 Å². The number of cyclic esters (lactones) is 1. The summed E-state index contributed by atoms with van der Waals surface area (Å²) in [5.74, 6) is -0.581. The molecule has 0 amide bonds. The molecule has 0 N–H and O–H groups in total. The second kappa shape index (κ2) is 7.72. The van der Waals surface area contributed by atoms with E-state index in [-0.39, 0.29) is 23.6 Å². The third-order valence-corrected chi connectivity index (χ3v) is 4.40. The Balaban J connectivity index is 2.30. The van der Waals surface area contributed by atoms with Crippen molar-refractivity contribution in [2.24, 2.45) is 5.92 Å². The summed E-state index contributed by atoms with van der Waals surface area (Å²) in [5.41, 5.74) is 0.939. The number of unbranched alkanes of at least 4 members (excludes halogenated alkanes) is 2. The van der Waals surface area contributed by atoms with Crippen molar-refractivity contribution in [3.05, 3.63) is 47.7 Å². The van der Waals surface area contributed by atoms with E-state index in [1.807, 2.05) is 36.4 Å². The molecule has 0 aromatic heterocycles. The van der Waals surface area contributed by atoms with Crippen LogP contribution < -0.4 is 0 Å². The van der Waals surface area contributed by atoms with E-state index in [4.69, 9.17) is 39.5 Å². The molecular formula is C17H19Cl3O2. The molecule has 1 aromatic carbocycles. The van der Waals surface area contributed by atoms with Crippen LogP contribution in [0.3, 0.4) is 0 Å². The fourth-order valence-corrected chi connectivity index (χ4v) is 3.05. The molecule has 0 unspecified atom stereocenters. The number of carbonyl (C=O) groups is 1. The molecule has 22 heavy (non-hydrogen) atoms. The first kappa shape index (κ1) is 17.7. The molecule has 1 aliphatic rings. The van der Waals surface area contributed by atoms with E-state index in [1.54, 1.807) is 0 Å². The van der Waals surface area contributed by atoms with Crippen molar-refractivity contribution in [2.45, 2.75) is 42.3 Å². The van der Waals surface area contributed by atoms with Gasteiger partial charge in [-0.1, -0.05) is 91.3 Å². The number of hydrogen-bond donors (Lipinski definition) is 0. The molecular weight excluding hydrogens is 343 g/mol. The van der Waals surface area contributed by atoms with Gasteiger partial charge in [-0.05, 0) is 24.0 Å². The van der Waals surface area contributed by atoms with Crippen molar-refractivity contribution in [2.75, 3.05) is 0 Å². The fourth-order valence-electron chi connectivity index (χ4n) is 2.75. The fraction of sp³-hybridized carbons (Fsp3) is 0.471. The maximum Gasteiger partial charge on any atom is 0.319 e. The van der Waals surface area contributed by atoms with Gasteiger partial charge < -0.3 is 4.74 Å². The number of allylic oxidation sites excluding steroid dienone is 2. The van der Waals surface area contributed by atoms with Gasteiger partial charge in [0.15, 0.2) is 5.76 Å². The monoisotopic (exact) mass is 360 g/mol. The van der Waals surface area contributed by atoms with E-state index >= 15 is 0 Å². The molecule has 2 atom stereocenters. The molecule has 2 nitrogen and oxygen atoms in total.